The Balaban J connectivity index is 1.61. The van der Waals surface area contributed by atoms with Crippen molar-refractivity contribution in [2.75, 3.05) is 19.8 Å². The molecule has 3 rings (SSSR count). The fourth-order valence-corrected chi connectivity index (χ4v) is 4.56. The molecule has 150 valence electrons. The number of carbonyl (C=O) groups is 2. The molecular formula is C22H28N2O3S. The molecule has 28 heavy (non-hydrogen) atoms. The van der Waals surface area contributed by atoms with Crippen molar-refractivity contribution in [1.29, 1.82) is 0 Å². The Morgan fingerprint density at radius 2 is 1.82 bits per heavy atom. The van der Waals surface area contributed by atoms with Gasteiger partial charge >= 0.3 is 0 Å². The molecule has 0 bridgehead atoms. The normalized spacial score (nSPS) is 14.6. The second-order valence-corrected chi connectivity index (χ2v) is 8.34. The minimum absolute atomic E-state index is 0.0763. The van der Waals surface area contributed by atoms with Gasteiger partial charge in [0, 0.05) is 25.0 Å². The van der Waals surface area contributed by atoms with Crippen LogP contribution in [-0.4, -0.2) is 47.5 Å². The van der Waals surface area contributed by atoms with Crippen LogP contribution in [-0.2, 0) is 11.3 Å². The molecule has 0 atom stereocenters. The molecule has 1 fully saturated rings. The van der Waals surface area contributed by atoms with Gasteiger partial charge in [0.15, 0.2) is 0 Å². The van der Waals surface area contributed by atoms with Crippen molar-refractivity contribution in [3.8, 4) is 0 Å². The van der Waals surface area contributed by atoms with Gasteiger partial charge in [0.25, 0.3) is 5.91 Å². The maximum absolute atomic E-state index is 12.9. The lowest BCUT2D eigenvalue weighted by molar-refractivity contribution is -0.129. The van der Waals surface area contributed by atoms with E-state index in [2.05, 4.69) is 0 Å². The van der Waals surface area contributed by atoms with Crippen LogP contribution < -0.4 is 0 Å². The van der Waals surface area contributed by atoms with Gasteiger partial charge in [0.2, 0.25) is 5.91 Å². The quantitative estimate of drug-likeness (QED) is 0.645. The van der Waals surface area contributed by atoms with E-state index in [0.29, 0.717) is 23.9 Å². The van der Waals surface area contributed by atoms with E-state index in [1.165, 1.54) is 31.0 Å². The van der Waals surface area contributed by atoms with Gasteiger partial charge in [-0.3, -0.25) is 9.59 Å². The van der Waals surface area contributed by atoms with Crippen LogP contribution in [0.5, 0.6) is 0 Å². The number of benzene rings is 1. The van der Waals surface area contributed by atoms with E-state index in [0.717, 1.165) is 23.5 Å². The van der Waals surface area contributed by atoms with Crippen molar-refractivity contribution in [1.82, 2.24) is 9.80 Å². The highest BCUT2D eigenvalue weighted by Crippen LogP contribution is 2.26. The molecule has 2 amide bonds. The summed E-state index contributed by atoms with van der Waals surface area (Å²) >= 11 is 1.44. The van der Waals surface area contributed by atoms with E-state index in [-0.39, 0.29) is 11.8 Å². The molecule has 0 N–H and O–H groups in total. The van der Waals surface area contributed by atoms with Crippen molar-refractivity contribution in [3.63, 3.8) is 0 Å². The molecule has 1 saturated carbocycles. The van der Waals surface area contributed by atoms with Crippen LogP contribution in [0.3, 0.4) is 0 Å². The number of nitrogens with zero attached hydrogens (tertiary/aromatic N) is 2. The molecule has 6 heteroatoms. The molecule has 0 radical (unpaired) electrons. The number of thioether (sulfide) groups is 1. The predicted octanol–water partition coefficient (Wildman–Crippen LogP) is 4.44. The first-order valence-corrected chi connectivity index (χ1v) is 10.8. The van der Waals surface area contributed by atoms with E-state index < -0.39 is 0 Å². The Bertz CT molecular complexity index is 785. The van der Waals surface area contributed by atoms with Crippen LogP contribution in [0.15, 0.2) is 52.0 Å². The minimum Gasteiger partial charge on any atom is -0.467 e. The van der Waals surface area contributed by atoms with Crippen LogP contribution in [0.2, 0.25) is 0 Å². The number of furan rings is 1. The Hall–Kier alpha value is -2.21. The average molecular weight is 401 g/mol. The lowest BCUT2D eigenvalue weighted by Crippen LogP contribution is -2.39. The predicted molar refractivity (Wildman–Crippen MR) is 111 cm³/mol. The van der Waals surface area contributed by atoms with E-state index >= 15 is 0 Å². The van der Waals surface area contributed by atoms with Gasteiger partial charge in [0.1, 0.15) is 5.76 Å². The number of amides is 2. The Labute approximate surface area is 171 Å². The fourth-order valence-electron chi connectivity index (χ4n) is 3.60. The summed E-state index contributed by atoms with van der Waals surface area (Å²) in [4.78, 5) is 29.9. The summed E-state index contributed by atoms with van der Waals surface area (Å²) in [6.45, 7) is 0.411. The monoisotopic (exact) mass is 400 g/mol. The Morgan fingerprint density at radius 1 is 1.07 bits per heavy atom. The maximum Gasteiger partial charge on any atom is 0.255 e. The van der Waals surface area contributed by atoms with Gasteiger partial charge in [-0.25, -0.2) is 0 Å². The van der Waals surface area contributed by atoms with Gasteiger partial charge in [-0.05, 0) is 37.1 Å². The highest BCUT2D eigenvalue weighted by molar-refractivity contribution is 8.00. The lowest BCUT2D eigenvalue weighted by atomic mass is 9.94. The van der Waals surface area contributed by atoms with Gasteiger partial charge in [-0.1, -0.05) is 31.4 Å². The third-order valence-electron chi connectivity index (χ3n) is 5.30. The van der Waals surface area contributed by atoms with E-state index in [1.807, 2.05) is 48.3 Å². The maximum atomic E-state index is 12.9. The molecule has 0 saturated heterocycles. The molecule has 1 aromatic carbocycles. The van der Waals surface area contributed by atoms with E-state index in [4.69, 9.17) is 4.42 Å². The molecule has 1 aliphatic rings. The second kappa shape index (κ2) is 9.82. The highest BCUT2D eigenvalue weighted by Gasteiger charge is 2.23. The van der Waals surface area contributed by atoms with Crippen LogP contribution in [0.25, 0.3) is 0 Å². The zero-order valence-corrected chi connectivity index (χ0v) is 17.4. The number of rotatable bonds is 7. The zero-order valence-electron chi connectivity index (χ0n) is 16.6. The first kappa shape index (κ1) is 20.5. The zero-order chi connectivity index (χ0) is 19.9. The Kier molecular flexibility index (Phi) is 7.20. The number of hydrogen-bond donors (Lipinski definition) is 0. The van der Waals surface area contributed by atoms with Gasteiger partial charge in [-0.2, -0.15) is 0 Å². The van der Waals surface area contributed by atoms with Gasteiger partial charge in [0.05, 0.1) is 24.1 Å². The number of carbonyl (C=O) groups excluding carboxylic acids is 2. The summed E-state index contributed by atoms with van der Waals surface area (Å²) in [5.41, 5.74) is 0.620. The first-order chi connectivity index (χ1) is 13.6. The lowest BCUT2D eigenvalue weighted by Gasteiger charge is -2.31. The minimum atomic E-state index is -0.0763. The van der Waals surface area contributed by atoms with Crippen LogP contribution >= 0.6 is 11.8 Å². The molecule has 5 nitrogen and oxygen atoms in total. The molecule has 0 unspecified atom stereocenters. The smallest absolute Gasteiger partial charge is 0.255 e. The third kappa shape index (κ3) is 5.19. The molecule has 0 spiro atoms. The summed E-state index contributed by atoms with van der Waals surface area (Å²) < 4.78 is 5.33. The van der Waals surface area contributed by atoms with Crippen LogP contribution in [0, 0.1) is 0 Å². The first-order valence-electron chi connectivity index (χ1n) is 9.81. The molecule has 1 aromatic heterocycles. The standard InChI is InChI=1S/C22H28N2O3S/c1-23(15-18-11-8-14-27-18)22(26)19-12-6-7-13-20(19)28-16-21(25)24(2)17-9-4-3-5-10-17/h6-8,11-14,17H,3-5,9-10,15-16H2,1-2H3. The number of hydrogen-bond acceptors (Lipinski definition) is 4. The van der Waals surface area contributed by atoms with Crippen molar-refractivity contribution < 1.29 is 14.0 Å². The largest absolute Gasteiger partial charge is 0.467 e. The van der Waals surface area contributed by atoms with Crippen LogP contribution in [0.1, 0.15) is 48.2 Å². The van der Waals surface area contributed by atoms with Crippen molar-refractivity contribution >= 4 is 23.6 Å². The average Bonchev–Trinajstić information content (AvgIpc) is 3.24. The second-order valence-electron chi connectivity index (χ2n) is 7.32. The summed E-state index contributed by atoms with van der Waals surface area (Å²) in [5.74, 6) is 1.14. The van der Waals surface area contributed by atoms with E-state index in [9.17, 15) is 9.59 Å². The summed E-state index contributed by atoms with van der Waals surface area (Å²) in [6, 6.07) is 11.5. The molecule has 0 aliphatic heterocycles. The highest BCUT2D eigenvalue weighted by atomic mass is 32.2. The summed E-state index contributed by atoms with van der Waals surface area (Å²) in [6.07, 6.45) is 7.48. The molecule has 1 heterocycles. The summed E-state index contributed by atoms with van der Waals surface area (Å²) in [7, 11) is 3.67. The summed E-state index contributed by atoms with van der Waals surface area (Å²) in [5, 5.41) is 0. The van der Waals surface area contributed by atoms with Crippen molar-refractivity contribution in [2.45, 2.75) is 49.6 Å². The fraction of sp³-hybridized carbons (Fsp3) is 0.455. The topological polar surface area (TPSA) is 53.8 Å². The van der Waals surface area contributed by atoms with E-state index in [1.54, 1.807) is 18.2 Å². The van der Waals surface area contributed by atoms with Crippen molar-refractivity contribution in [2.24, 2.45) is 0 Å². The van der Waals surface area contributed by atoms with Gasteiger partial charge < -0.3 is 14.2 Å². The SMILES string of the molecule is CN(Cc1ccco1)C(=O)c1ccccc1SCC(=O)N(C)C1CCCCC1. The van der Waals surface area contributed by atoms with Crippen LogP contribution in [0.4, 0.5) is 0 Å². The third-order valence-corrected chi connectivity index (χ3v) is 6.36. The van der Waals surface area contributed by atoms with Gasteiger partial charge in [-0.15, -0.1) is 11.8 Å². The molecule has 1 aliphatic carbocycles. The molecular weight excluding hydrogens is 372 g/mol. The van der Waals surface area contributed by atoms with Crippen molar-refractivity contribution in [3.05, 3.63) is 54.0 Å². The Morgan fingerprint density at radius 3 is 2.54 bits per heavy atom. The molecule has 2 aromatic rings.